The van der Waals surface area contributed by atoms with Crippen molar-refractivity contribution in [3.63, 3.8) is 0 Å². The summed E-state index contributed by atoms with van der Waals surface area (Å²) in [5.41, 5.74) is 3.29. The highest BCUT2D eigenvalue weighted by atomic mass is 32.2. The van der Waals surface area contributed by atoms with Crippen molar-refractivity contribution in [2.45, 2.75) is 30.0 Å². The van der Waals surface area contributed by atoms with Gasteiger partial charge in [0.25, 0.3) is 0 Å². The van der Waals surface area contributed by atoms with Crippen molar-refractivity contribution in [2.24, 2.45) is 5.10 Å². The fourth-order valence-corrected chi connectivity index (χ4v) is 5.18. The molecule has 0 radical (unpaired) electrons. The van der Waals surface area contributed by atoms with E-state index in [1.54, 1.807) is 49.6 Å². The Morgan fingerprint density at radius 3 is 2.41 bits per heavy atom. The van der Waals surface area contributed by atoms with E-state index in [1.165, 1.54) is 11.9 Å². The van der Waals surface area contributed by atoms with Gasteiger partial charge in [-0.2, -0.15) is 5.10 Å². The lowest BCUT2D eigenvalue weighted by Crippen LogP contribution is -2.24. The van der Waals surface area contributed by atoms with Gasteiger partial charge in [-0.1, -0.05) is 54.6 Å². The third-order valence-corrected chi connectivity index (χ3v) is 7.16. The van der Waals surface area contributed by atoms with Crippen LogP contribution in [0, 0.1) is 0 Å². The van der Waals surface area contributed by atoms with Crippen molar-refractivity contribution in [1.82, 2.24) is 5.01 Å². The summed E-state index contributed by atoms with van der Waals surface area (Å²) < 4.78 is 30.6. The molecule has 164 valence electrons. The summed E-state index contributed by atoms with van der Waals surface area (Å²) in [7, 11) is -1.80. The van der Waals surface area contributed by atoms with Gasteiger partial charge < -0.3 is 4.74 Å². The molecule has 0 N–H and O–H groups in total. The lowest BCUT2D eigenvalue weighted by Gasteiger charge is -2.20. The van der Waals surface area contributed by atoms with Crippen molar-refractivity contribution in [2.75, 3.05) is 7.11 Å². The smallest absolute Gasteiger partial charge is 0.240 e. The average molecular weight is 449 g/mol. The number of amides is 1. The maximum absolute atomic E-state index is 12.6. The van der Waals surface area contributed by atoms with E-state index in [4.69, 9.17) is 4.74 Å². The Balaban J connectivity index is 1.55. The number of benzene rings is 3. The van der Waals surface area contributed by atoms with Gasteiger partial charge in [-0.05, 0) is 41.0 Å². The van der Waals surface area contributed by atoms with E-state index in [1.807, 2.05) is 36.4 Å². The van der Waals surface area contributed by atoms with E-state index in [0.29, 0.717) is 16.9 Å². The Morgan fingerprint density at radius 1 is 1.03 bits per heavy atom. The fraction of sp³-hybridized carbons (Fsp3) is 0.200. The molecule has 1 aliphatic rings. The van der Waals surface area contributed by atoms with Gasteiger partial charge in [0.05, 0.1) is 29.5 Å². The van der Waals surface area contributed by atoms with E-state index >= 15 is 0 Å². The lowest BCUT2D eigenvalue weighted by molar-refractivity contribution is -0.130. The van der Waals surface area contributed by atoms with Gasteiger partial charge in [0.2, 0.25) is 5.91 Å². The molecular formula is C25H24N2O4S. The normalized spacial score (nSPS) is 16.0. The number of rotatable bonds is 6. The number of nitrogens with zero attached hydrogens (tertiary/aromatic N) is 2. The maximum Gasteiger partial charge on any atom is 0.240 e. The SMILES string of the molecule is COc1cccc(C2CC(c3ccc(CS(=O)(=O)c4ccccc4)cc3)=NN2C(C)=O)c1. The predicted octanol–water partition coefficient (Wildman–Crippen LogP) is 4.37. The van der Waals surface area contributed by atoms with Gasteiger partial charge in [-0.25, -0.2) is 13.4 Å². The molecule has 0 saturated carbocycles. The van der Waals surface area contributed by atoms with Crippen LogP contribution in [0.1, 0.15) is 36.1 Å². The van der Waals surface area contributed by atoms with Crippen LogP contribution < -0.4 is 4.74 Å². The van der Waals surface area contributed by atoms with Crippen LogP contribution in [0.4, 0.5) is 0 Å². The van der Waals surface area contributed by atoms with Gasteiger partial charge >= 0.3 is 0 Å². The van der Waals surface area contributed by atoms with Crippen LogP contribution in [0.3, 0.4) is 0 Å². The van der Waals surface area contributed by atoms with Gasteiger partial charge in [0.15, 0.2) is 9.84 Å². The summed E-state index contributed by atoms with van der Waals surface area (Å²) in [6.45, 7) is 1.50. The molecule has 0 fully saturated rings. The van der Waals surface area contributed by atoms with Crippen molar-refractivity contribution in [3.8, 4) is 5.75 Å². The van der Waals surface area contributed by atoms with Crippen molar-refractivity contribution >= 4 is 21.5 Å². The van der Waals surface area contributed by atoms with Crippen LogP contribution in [-0.2, 0) is 20.4 Å². The van der Waals surface area contributed by atoms with E-state index < -0.39 is 9.84 Å². The third kappa shape index (κ3) is 4.57. The number of methoxy groups -OCH3 is 1. The minimum absolute atomic E-state index is 0.0736. The molecule has 0 spiro atoms. The van der Waals surface area contributed by atoms with Crippen molar-refractivity contribution in [1.29, 1.82) is 0 Å². The van der Waals surface area contributed by atoms with Gasteiger partial charge in [0, 0.05) is 13.3 Å². The van der Waals surface area contributed by atoms with E-state index in [9.17, 15) is 13.2 Å². The first-order valence-electron chi connectivity index (χ1n) is 10.3. The first kappa shape index (κ1) is 21.8. The monoisotopic (exact) mass is 448 g/mol. The Hall–Kier alpha value is -3.45. The van der Waals surface area contributed by atoms with E-state index in [-0.39, 0.29) is 17.7 Å². The molecule has 6 nitrogen and oxygen atoms in total. The number of hydrazone groups is 1. The standard InChI is InChI=1S/C25H24N2O4S/c1-18(28)27-25(21-7-6-8-22(15-21)31-2)16-24(26-27)20-13-11-19(12-14-20)17-32(29,30)23-9-4-3-5-10-23/h3-15,25H,16-17H2,1-2H3. The van der Waals surface area contributed by atoms with Crippen molar-refractivity contribution < 1.29 is 17.9 Å². The molecule has 3 aromatic carbocycles. The van der Waals surface area contributed by atoms with Gasteiger partial charge in [-0.3, -0.25) is 4.79 Å². The lowest BCUT2D eigenvalue weighted by atomic mass is 9.98. The van der Waals surface area contributed by atoms with Crippen LogP contribution in [-0.4, -0.2) is 32.2 Å². The number of hydrogen-bond acceptors (Lipinski definition) is 5. The summed E-state index contributed by atoms with van der Waals surface area (Å²) in [6, 6.07) is 23.2. The minimum atomic E-state index is -3.41. The molecule has 1 unspecified atom stereocenters. The molecule has 1 aliphatic heterocycles. The molecule has 0 bridgehead atoms. The quantitative estimate of drug-likeness (QED) is 0.561. The van der Waals surface area contributed by atoms with Crippen LogP contribution in [0.15, 0.2) is 88.9 Å². The summed E-state index contributed by atoms with van der Waals surface area (Å²) in [4.78, 5) is 12.5. The third-order valence-electron chi connectivity index (χ3n) is 5.46. The Morgan fingerprint density at radius 2 is 1.75 bits per heavy atom. The van der Waals surface area contributed by atoms with Crippen molar-refractivity contribution in [3.05, 3.63) is 95.6 Å². The van der Waals surface area contributed by atoms with Crippen LogP contribution in [0.2, 0.25) is 0 Å². The Kier molecular flexibility index (Phi) is 6.10. The molecular weight excluding hydrogens is 424 g/mol. The summed E-state index contributed by atoms with van der Waals surface area (Å²) >= 11 is 0. The van der Waals surface area contributed by atoms with Crippen LogP contribution in [0.25, 0.3) is 0 Å². The summed E-state index contributed by atoms with van der Waals surface area (Å²) in [5.74, 6) is 0.511. The summed E-state index contributed by atoms with van der Waals surface area (Å²) in [5, 5.41) is 6.06. The topological polar surface area (TPSA) is 76.0 Å². The predicted molar refractivity (Wildman–Crippen MR) is 123 cm³/mol. The van der Waals surface area contributed by atoms with Crippen LogP contribution >= 0.6 is 0 Å². The van der Waals surface area contributed by atoms with Crippen LogP contribution in [0.5, 0.6) is 5.75 Å². The van der Waals surface area contributed by atoms with Gasteiger partial charge in [-0.15, -0.1) is 0 Å². The number of carbonyl (C=O) groups excluding carboxylic acids is 1. The second kappa shape index (κ2) is 8.96. The fourth-order valence-electron chi connectivity index (χ4n) is 3.81. The second-order valence-corrected chi connectivity index (χ2v) is 9.67. The molecule has 0 saturated heterocycles. The highest BCUT2D eigenvalue weighted by Gasteiger charge is 2.31. The molecule has 0 aliphatic carbocycles. The Bertz CT molecular complexity index is 1250. The molecule has 7 heteroatoms. The zero-order chi connectivity index (χ0) is 22.7. The minimum Gasteiger partial charge on any atom is -0.497 e. The molecule has 32 heavy (non-hydrogen) atoms. The van der Waals surface area contributed by atoms with E-state index in [2.05, 4.69) is 5.10 Å². The zero-order valence-corrected chi connectivity index (χ0v) is 18.7. The van der Waals surface area contributed by atoms with Gasteiger partial charge in [0.1, 0.15) is 5.75 Å². The number of ether oxygens (including phenoxy) is 1. The zero-order valence-electron chi connectivity index (χ0n) is 17.9. The maximum atomic E-state index is 12.6. The number of carbonyl (C=O) groups is 1. The highest BCUT2D eigenvalue weighted by molar-refractivity contribution is 7.90. The highest BCUT2D eigenvalue weighted by Crippen LogP contribution is 2.34. The molecule has 4 rings (SSSR count). The first-order valence-corrected chi connectivity index (χ1v) is 11.9. The average Bonchev–Trinajstić information content (AvgIpc) is 3.26. The Labute approximate surface area is 188 Å². The number of sulfone groups is 1. The molecule has 0 aromatic heterocycles. The molecule has 1 atom stereocenters. The first-order chi connectivity index (χ1) is 15.4. The number of hydrogen-bond donors (Lipinski definition) is 0. The largest absolute Gasteiger partial charge is 0.497 e. The molecule has 1 heterocycles. The molecule has 3 aromatic rings. The van der Waals surface area contributed by atoms with E-state index in [0.717, 1.165) is 22.6 Å². The molecule has 1 amide bonds. The second-order valence-electron chi connectivity index (χ2n) is 7.68. The summed E-state index contributed by atoms with van der Waals surface area (Å²) in [6.07, 6.45) is 0.564.